The smallest absolute Gasteiger partial charge is 0.166 e. The maximum atomic E-state index is 6.01. The Morgan fingerprint density at radius 3 is 2.86 bits per heavy atom. The fraction of sp³-hybridized carbons (Fsp3) is 0.100. The van der Waals surface area contributed by atoms with Crippen molar-refractivity contribution in [1.29, 1.82) is 0 Å². The van der Waals surface area contributed by atoms with Crippen LogP contribution in [-0.4, -0.2) is 9.55 Å². The van der Waals surface area contributed by atoms with Crippen LogP contribution >= 0.6 is 23.2 Å². The van der Waals surface area contributed by atoms with E-state index in [-0.39, 0.29) is 0 Å². The molecule has 2 nitrogen and oxygen atoms in total. The lowest BCUT2D eigenvalue weighted by Gasteiger charge is -1.96. The van der Waals surface area contributed by atoms with Crippen molar-refractivity contribution in [2.75, 3.05) is 0 Å². The monoisotopic (exact) mass is 224 g/mol. The fourth-order valence-corrected chi connectivity index (χ4v) is 2.16. The quantitative estimate of drug-likeness (QED) is 0.574. The molecule has 2 heterocycles. The van der Waals surface area contributed by atoms with Crippen LogP contribution in [0.4, 0.5) is 0 Å². The molecule has 0 radical (unpaired) electrons. The van der Waals surface area contributed by atoms with E-state index in [1.54, 1.807) is 0 Å². The third-order valence-corrected chi connectivity index (χ3v) is 3.20. The summed E-state index contributed by atoms with van der Waals surface area (Å²) in [5.74, 6) is 0.871. The van der Waals surface area contributed by atoms with Gasteiger partial charge < -0.3 is 4.57 Å². The lowest BCUT2D eigenvalue weighted by Crippen LogP contribution is -1.91. The highest BCUT2D eigenvalue weighted by Gasteiger charge is 2.23. The Labute approximate surface area is 91.1 Å². The number of benzene rings is 1. The average Bonchev–Trinajstić information content (AvgIpc) is 2.67. The van der Waals surface area contributed by atoms with Crippen molar-refractivity contribution in [3.05, 3.63) is 40.1 Å². The molecule has 1 aliphatic heterocycles. The van der Waals surface area contributed by atoms with E-state index in [1.807, 2.05) is 22.8 Å². The molecule has 4 heteroatoms. The van der Waals surface area contributed by atoms with Crippen molar-refractivity contribution in [2.45, 2.75) is 6.54 Å². The van der Waals surface area contributed by atoms with E-state index in [1.165, 1.54) is 5.56 Å². The molecule has 0 bridgehead atoms. The largest absolute Gasteiger partial charge is 0.309 e. The van der Waals surface area contributed by atoms with E-state index in [4.69, 9.17) is 23.2 Å². The number of aromatic nitrogens is 2. The normalized spacial score (nSPS) is 12.7. The first-order valence-electron chi connectivity index (χ1n) is 4.27. The summed E-state index contributed by atoms with van der Waals surface area (Å²) < 4.78 is 1.93. The van der Waals surface area contributed by atoms with Crippen molar-refractivity contribution in [2.24, 2.45) is 0 Å². The summed E-state index contributed by atoms with van der Waals surface area (Å²) >= 11 is 11.9. The van der Waals surface area contributed by atoms with Crippen LogP contribution in [0.5, 0.6) is 0 Å². The van der Waals surface area contributed by atoms with Gasteiger partial charge in [0.1, 0.15) is 11.0 Å². The highest BCUT2D eigenvalue weighted by atomic mass is 35.5. The lowest BCUT2D eigenvalue weighted by atomic mass is 10.1. The number of rotatable bonds is 0. The van der Waals surface area contributed by atoms with Gasteiger partial charge in [0.25, 0.3) is 0 Å². The number of hydrogen-bond donors (Lipinski definition) is 0. The van der Waals surface area contributed by atoms with Crippen LogP contribution in [-0.2, 0) is 6.54 Å². The van der Waals surface area contributed by atoms with Crippen LogP contribution in [0.2, 0.25) is 10.3 Å². The summed E-state index contributed by atoms with van der Waals surface area (Å²) in [6.07, 6.45) is 0. The molecule has 14 heavy (non-hydrogen) atoms. The molecule has 0 saturated heterocycles. The van der Waals surface area contributed by atoms with Gasteiger partial charge in [-0.15, -0.1) is 0 Å². The van der Waals surface area contributed by atoms with Crippen molar-refractivity contribution >= 4 is 23.2 Å². The molecule has 0 atom stereocenters. The molecule has 0 saturated carbocycles. The molecule has 0 unspecified atom stereocenters. The first-order valence-corrected chi connectivity index (χ1v) is 5.03. The van der Waals surface area contributed by atoms with Crippen molar-refractivity contribution < 1.29 is 0 Å². The number of nitrogens with zero attached hydrogens (tertiary/aromatic N) is 2. The van der Waals surface area contributed by atoms with E-state index in [0.29, 0.717) is 10.3 Å². The second kappa shape index (κ2) is 2.75. The second-order valence-corrected chi connectivity index (χ2v) is 3.98. The standard InChI is InChI=1S/C10H6Cl2N2/c11-8-9(12)14-5-6-3-1-2-4-7(6)10(14)13-8/h1-4H,5H2. The maximum absolute atomic E-state index is 6.01. The number of imidazole rings is 1. The van der Waals surface area contributed by atoms with Crippen LogP contribution in [0.1, 0.15) is 5.56 Å². The minimum atomic E-state index is 0.385. The Morgan fingerprint density at radius 2 is 2.00 bits per heavy atom. The first kappa shape index (κ1) is 8.33. The Hall–Kier alpha value is -0.990. The lowest BCUT2D eigenvalue weighted by molar-refractivity contribution is 0.849. The summed E-state index contributed by atoms with van der Waals surface area (Å²) in [4.78, 5) is 4.23. The number of hydrogen-bond acceptors (Lipinski definition) is 1. The van der Waals surface area contributed by atoms with Crippen LogP contribution in [0.3, 0.4) is 0 Å². The summed E-state index contributed by atoms with van der Waals surface area (Å²) in [7, 11) is 0. The van der Waals surface area contributed by atoms with Gasteiger partial charge in [-0.25, -0.2) is 4.98 Å². The Balaban J connectivity index is 2.31. The Kier molecular flexibility index (Phi) is 1.64. The van der Waals surface area contributed by atoms with Gasteiger partial charge in [0.05, 0.1) is 6.54 Å². The Bertz CT molecular complexity index is 517. The highest BCUT2D eigenvalue weighted by Crippen LogP contribution is 2.36. The van der Waals surface area contributed by atoms with E-state index in [0.717, 1.165) is 17.9 Å². The maximum Gasteiger partial charge on any atom is 0.166 e. The third-order valence-electron chi connectivity index (χ3n) is 2.45. The van der Waals surface area contributed by atoms with Gasteiger partial charge in [0.15, 0.2) is 5.15 Å². The minimum Gasteiger partial charge on any atom is -0.309 e. The molecule has 0 amide bonds. The minimum absolute atomic E-state index is 0.385. The van der Waals surface area contributed by atoms with Gasteiger partial charge in [-0.05, 0) is 5.56 Å². The molecule has 3 rings (SSSR count). The predicted octanol–water partition coefficient (Wildman–Crippen LogP) is 3.22. The predicted molar refractivity (Wildman–Crippen MR) is 56.8 cm³/mol. The number of halogens is 2. The summed E-state index contributed by atoms with van der Waals surface area (Å²) in [5, 5.41) is 0.911. The van der Waals surface area contributed by atoms with Gasteiger partial charge in [-0.1, -0.05) is 47.5 Å². The molecule has 1 aromatic heterocycles. The summed E-state index contributed by atoms with van der Waals surface area (Å²) in [6, 6.07) is 8.12. The van der Waals surface area contributed by atoms with Gasteiger partial charge in [0.2, 0.25) is 0 Å². The van der Waals surface area contributed by atoms with Gasteiger partial charge in [0, 0.05) is 5.56 Å². The van der Waals surface area contributed by atoms with Crippen LogP contribution in [0, 0.1) is 0 Å². The van der Waals surface area contributed by atoms with Crippen LogP contribution in [0.25, 0.3) is 11.4 Å². The zero-order valence-electron chi connectivity index (χ0n) is 7.17. The zero-order valence-corrected chi connectivity index (χ0v) is 8.68. The summed E-state index contributed by atoms with van der Waals surface area (Å²) in [5.41, 5.74) is 2.37. The van der Waals surface area contributed by atoms with Crippen molar-refractivity contribution in [1.82, 2.24) is 9.55 Å². The van der Waals surface area contributed by atoms with E-state index in [2.05, 4.69) is 11.1 Å². The highest BCUT2D eigenvalue weighted by molar-refractivity contribution is 6.40. The molecule has 0 N–H and O–H groups in total. The van der Waals surface area contributed by atoms with Gasteiger partial charge in [-0.3, -0.25) is 0 Å². The Morgan fingerprint density at radius 1 is 1.21 bits per heavy atom. The zero-order chi connectivity index (χ0) is 9.71. The third kappa shape index (κ3) is 0.954. The van der Waals surface area contributed by atoms with Gasteiger partial charge >= 0.3 is 0 Å². The summed E-state index contributed by atoms with van der Waals surface area (Å²) in [6.45, 7) is 0.768. The van der Waals surface area contributed by atoms with E-state index >= 15 is 0 Å². The molecular formula is C10H6Cl2N2. The SMILES string of the molecule is Clc1nc2n(c1Cl)Cc1ccccc1-2. The van der Waals surface area contributed by atoms with E-state index in [9.17, 15) is 0 Å². The van der Waals surface area contributed by atoms with Crippen molar-refractivity contribution in [3.8, 4) is 11.4 Å². The topological polar surface area (TPSA) is 17.8 Å². The first-order chi connectivity index (χ1) is 6.77. The molecule has 0 spiro atoms. The fourth-order valence-electron chi connectivity index (χ4n) is 1.80. The molecule has 2 aromatic rings. The van der Waals surface area contributed by atoms with E-state index < -0.39 is 0 Å². The average molecular weight is 225 g/mol. The molecule has 70 valence electrons. The molecule has 1 aliphatic rings. The number of fused-ring (bicyclic) bond motifs is 3. The van der Waals surface area contributed by atoms with Gasteiger partial charge in [-0.2, -0.15) is 0 Å². The molecular weight excluding hydrogens is 219 g/mol. The van der Waals surface area contributed by atoms with Crippen LogP contribution in [0.15, 0.2) is 24.3 Å². The second-order valence-electron chi connectivity index (χ2n) is 3.26. The molecule has 1 aromatic carbocycles. The van der Waals surface area contributed by atoms with Crippen LogP contribution < -0.4 is 0 Å². The molecule has 0 aliphatic carbocycles. The van der Waals surface area contributed by atoms with Crippen molar-refractivity contribution in [3.63, 3.8) is 0 Å². The molecule has 0 fully saturated rings.